The van der Waals surface area contributed by atoms with Gasteiger partial charge in [0.1, 0.15) is 5.15 Å². The van der Waals surface area contributed by atoms with Gasteiger partial charge in [-0.3, -0.25) is 4.79 Å². The fourth-order valence-corrected chi connectivity index (χ4v) is 2.40. The molecule has 0 aliphatic heterocycles. The minimum atomic E-state index is -0.0632. The normalized spacial score (nSPS) is 10.8. The molecule has 0 saturated carbocycles. The highest BCUT2D eigenvalue weighted by molar-refractivity contribution is 6.31. The standard InChI is InChI=1S/C20H14ClNO/c21-20-17(11-12-19(23)16-9-5-2-6-10-16)13-18(14-22-20)15-7-3-1-4-8-15/h1-14H/b12-11+. The Morgan fingerprint density at radius 3 is 2.26 bits per heavy atom. The molecule has 0 N–H and O–H groups in total. The van der Waals surface area contributed by atoms with Crippen molar-refractivity contribution in [3.63, 3.8) is 0 Å². The van der Waals surface area contributed by atoms with Crippen LogP contribution in [0, 0.1) is 0 Å². The third-order valence-electron chi connectivity index (χ3n) is 3.45. The van der Waals surface area contributed by atoms with E-state index >= 15 is 0 Å². The average Bonchev–Trinajstić information content (AvgIpc) is 2.62. The summed E-state index contributed by atoms with van der Waals surface area (Å²) in [5, 5.41) is 0.377. The predicted molar refractivity (Wildman–Crippen MR) is 94.5 cm³/mol. The van der Waals surface area contributed by atoms with Gasteiger partial charge in [-0.2, -0.15) is 0 Å². The van der Waals surface area contributed by atoms with Gasteiger partial charge in [0, 0.05) is 22.9 Å². The Balaban J connectivity index is 1.88. The molecule has 0 fully saturated rings. The molecule has 0 saturated heterocycles. The molecule has 1 heterocycles. The van der Waals surface area contributed by atoms with Crippen molar-refractivity contribution in [3.05, 3.63) is 95.3 Å². The first-order valence-corrected chi connectivity index (χ1v) is 7.60. The summed E-state index contributed by atoms with van der Waals surface area (Å²) in [6.07, 6.45) is 4.96. The lowest BCUT2D eigenvalue weighted by Gasteiger charge is -2.04. The van der Waals surface area contributed by atoms with Gasteiger partial charge in [0.2, 0.25) is 0 Å². The first-order chi connectivity index (χ1) is 11.2. The van der Waals surface area contributed by atoms with Crippen LogP contribution in [0.2, 0.25) is 5.15 Å². The number of ketones is 1. The molecule has 23 heavy (non-hydrogen) atoms. The molecule has 0 atom stereocenters. The van der Waals surface area contributed by atoms with E-state index in [1.807, 2.05) is 54.6 Å². The number of benzene rings is 2. The molecule has 112 valence electrons. The molecule has 0 aliphatic rings. The lowest BCUT2D eigenvalue weighted by molar-refractivity contribution is 0.104. The number of hydrogen-bond acceptors (Lipinski definition) is 2. The molecule has 0 bridgehead atoms. The predicted octanol–water partition coefficient (Wildman–Crippen LogP) is 5.30. The minimum absolute atomic E-state index is 0.0632. The average molecular weight is 320 g/mol. The van der Waals surface area contributed by atoms with E-state index in [4.69, 9.17) is 11.6 Å². The molecule has 3 heteroatoms. The summed E-state index contributed by atoms with van der Waals surface area (Å²) < 4.78 is 0. The SMILES string of the molecule is O=C(/C=C/c1cc(-c2ccccc2)cnc1Cl)c1ccccc1. The lowest BCUT2D eigenvalue weighted by atomic mass is 10.1. The van der Waals surface area contributed by atoms with E-state index in [1.54, 1.807) is 24.4 Å². The van der Waals surface area contributed by atoms with Crippen molar-refractivity contribution in [1.29, 1.82) is 0 Å². The van der Waals surface area contributed by atoms with Crippen LogP contribution in [0.4, 0.5) is 0 Å². The number of halogens is 1. The smallest absolute Gasteiger partial charge is 0.185 e. The number of pyridine rings is 1. The molecule has 0 unspecified atom stereocenters. The number of nitrogens with zero attached hydrogens (tertiary/aromatic N) is 1. The molecule has 0 radical (unpaired) electrons. The molecule has 0 aliphatic carbocycles. The van der Waals surface area contributed by atoms with Crippen LogP contribution >= 0.6 is 11.6 Å². The molecule has 2 nitrogen and oxygen atoms in total. The lowest BCUT2D eigenvalue weighted by Crippen LogP contribution is -1.93. The topological polar surface area (TPSA) is 30.0 Å². The second-order valence-corrected chi connectivity index (χ2v) is 5.39. The highest BCUT2D eigenvalue weighted by Crippen LogP contribution is 2.24. The van der Waals surface area contributed by atoms with Crippen molar-refractivity contribution in [1.82, 2.24) is 4.98 Å². The van der Waals surface area contributed by atoms with Gasteiger partial charge in [-0.05, 0) is 23.8 Å². The number of carbonyl (C=O) groups excluding carboxylic acids is 1. The van der Waals surface area contributed by atoms with Crippen LogP contribution < -0.4 is 0 Å². The van der Waals surface area contributed by atoms with Gasteiger partial charge in [-0.1, -0.05) is 72.3 Å². The zero-order valence-electron chi connectivity index (χ0n) is 12.3. The van der Waals surface area contributed by atoms with Crippen LogP contribution in [0.15, 0.2) is 79.0 Å². The Kier molecular flexibility index (Phi) is 4.65. The van der Waals surface area contributed by atoms with Gasteiger partial charge in [-0.15, -0.1) is 0 Å². The van der Waals surface area contributed by atoms with Crippen LogP contribution in [0.5, 0.6) is 0 Å². The molecule has 1 aromatic heterocycles. The van der Waals surface area contributed by atoms with Crippen LogP contribution in [-0.2, 0) is 0 Å². The van der Waals surface area contributed by atoms with Gasteiger partial charge in [-0.25, -0.2) is 4.98 Å². The fraction of sp³-hybridized carbons (Fsp3) is 0. The van der Waals surface area contributed by atoms with Crippen molar-refractivity contribution in [2.75, 3.05) is 0 Å². The van der Waals surface area contributed by atoms with Crippen LogP contribution in [0.3, 0.4) is 0 Å². The quantitative estimate of drug-likeness (QED) is 0.371. The summed E-state index contributed by atoms with van der Waals surface area (Å²) in [6.45, 7) is 0. The maximum Gasteiger partial charge on any atom is 0.185 e. The van der Waals surface area contributed by atoms with Crippen molar-refractivity contribution >= 4 is 23.5 Å². The Bertz CT molecular complexity index is 842. The zero-order valence-corrected chi connectivity index (χ0v) is 13.1. The molecule has 0 amide bonds. The highest BCUT2D eigenvalue weighted by Gasteiger charge is 2.05. The van der Waals surface area contributed by atoms with Crippen LogP contribution in [-0.4, -0.2) is 10.8 Å². The minimum Gasteiger partial charge on any atom is -0.289 e. The van der Waals surface area contributed by atoms with Gasteiger partial charge in [0.05, 0.1) is 0 Å². The van der Waals surface area contributed by atoms with Crippen molar-refractivity contribution in [2.45, 2.75) is 0 Å². The van der Waals surface area contributed by atoms with E-state index in [1.165, 1.54) is 6.08 Å². The van der Waals surface area contributed by atoms with E-state index in [0.29, 0.717) is 10.7 Å². The van der Waals surface area contributed by atoms with Crippen molar-refractivity contribution in [3.8, 4) is 11.1 Å². The summed E-state index contributed by atoms with van der Waals surface area (Å²) in [7, 11) is 0. The Hall–Kier alpha value is -2.71. The van der Waals surface area contributed by atoms with Gasteiger partial charge >= 0.3 is 0 Å². The molecule has 0 spiro atoms. The fourth-order valence-electron chi connectivity index (χ4n) is 2.23. The summed E-state index contributed by atoms with van der Waals surface area (Å²) in [5.74, 6) is -0.0632. The third-order valence-corrected chi connectivity index (χ3v) is 3.76. The zero-order chi connectivity index (χ0) is 16.1. The number of allylic oxidation sites excluding steroid dienone is 1. The van der Waals surface area contributed by atoms with Gasteiger partial charge < -0.3 is 0 Å². The maximum absolute atomic E-state index is 12.1. The number of aromatic nitrogens is 1. The second-order valence-electron chi connectivity index (χ2n) is 5.03. The van der Waals surface area contributed by atoms with Gasteiger partial charge in [0.25, 0.3) is 0 Å². The molecular weight excluding hydrogens is 306 g/mol. The third kappa shape index (κ3) is 3.74. The Labute approximate surface area is 140 Å². The van der Waals surface area contributed by atoms with Gasteiger partial charge in [0.15, 0.2) is 5.78 Å². The summed E-state index contributed by atoms with van der Waals surface area (Å²) in [4.78, 5) is 16.3. The van der Waals surface area contributed by atoms with E-state index < -0.39 is 0 Å². The van der Waals surface area contributed by atoms with Crippen LogP contribution in [0.1, 0.15) is 15.9 Å². The Morgan fingerprint density at radius 1 is 0.913 bits per heavy atom. The maximum atomic E-state index is 12.1. The first kappa shape index (κ1) is 15.2. The molecular formula is C20H14ClNO. The number of carbonyl (C=O) groups is 1. The molecule has 3 rings (SSSR count). The van der Waals surface area contributed by atoms with Crippen LogP contribution in [0.25, 0.3) is 17.2 Å². The van der Waals surface area contributed by atoms with E-state index in [0.717, 1.165) is 16.7 Å². The summed E-state index contributed by atoms with van der Waals surface area (Å²) in [5.41, 5.74) is 3.38. The van der Waals surface area contributed by atoms with Crippen molar-refractivity contribution < 1.29 is 4.79 Å². The number of rotatable bonds is 4. The van der Waals surface area contributed by atoms with Crippen molar-refractivity contribution in [2.24, 2.45) is 0 Å². The largest absolute Gasteiger partial charge is 0.289 e. The van der Waals surface area contributed by atoms with E-state index in [2.05, 4.69) is 4.98 Å². The highest BCUT2D eigenvalue weighted by atomic mass is 35.5. The van der Waals surface area contributed by atoms with E-state index in [9.17, 15) is 4.79 Å². The molecule has 3 aromatic rings. The Morgan fingerprint density at radius 2 is 1.57 bits per heavy atom. The monoisotopic (exact) mass is 319 g/mol. The first-order valence-electron chi connectivity index (χ1n) is 7.22. The summed E-state index contributed by atoms with van der Waals surface area (Å²) in [6, 6.07) is 21.0. The second kappa shape index (κ2) is 7.03. The van der Waals surface area contributed by atoms with E-state index in [-0.39, 0.29) is 5.78 Å². The number of hydrogen-bond donors (Lipinski definition) is 0. The summed E-state index contributed by atoms with van der Waals surface area (Å²) >= 11 is 6.14. The molecule has 2 aromatic carbocycles.